The molecule has 1 aromatic heterocycles. The minimum absolute atomic E-state index is 0.677. The highest BCUT2D eigenvalue weighted by Gasteiger charge is 2.12. The van der Waals surface area contributed by atoms with Gasteiger partial charge < -0.3 is 5.84 Å². The van der Waals surface area contributed by atoms with E-state index < -0.39 is 0 Å². The fourth-order valence-electron chi connectivity index (χ4n) is 2.72. The highest BCUT2D eigenvalue weighted by Crippen LogP contribution is 2.27. The average Bonchev–Trinajstić information content (AvgIpc) is 3.01. The largest absolute Gasteiger partial charge is 0.335 e. The number of rotatable bonds is 4. The number of thioether (sulfide) groups is 1. The predicted octanol–water partition coefficient (Wildman–Crippen LogP) is 4.10. The van der Waals surface area contributed by atoms with E-state index in [-0.39, 0.29) is 0 Å². The quantitative estimate of drug-likeness (QED) is 0.451. The molecule has 2 N–H and O–H groups in total. The van der Waals surface area contributed by atoms with Crippen molar-refractivity contribution in [2.24, 2.45) is 0 Å². The molecule has 0 unspecified atom stereocenters. The number of fused-ring (bicyclic) bond motifs is 1. The molecule has 4 aromatic rings. The monoisotopic (exact) mass is 332 g/mol. The number of nitrogens with two attached hydrogens (primary N) is 1. The van der Waals surface area contributed by atoms with Gasteiger partial charge in [0.05, 0.1) is 0 Å². The smallest absolute Gasteiger partial charge is 0.210 e. The first-order valence-corrected chi connectivity index (χ1v) is 8.67. The second kappa shape index (κ2) is 6.37. The molecular formula is C19H16N4S. The summed E-state index contributed by atoms with van der Waals surface area (Å²) in [5, 5.41) is 11.7. The van der Waals surface area contributed by atoms with Crippen LogP contribution in [0.5, 0.6) is 0 Å². The molecule has 0 bridgehead atoms. The first-order chi connectivity index (χ1) is 11.8. The van der Waals surface area contributed by atoms with Gasteiger partial charge in [-0.1, -0.05) is 84.6 Å². The van der Waals surface area contributed by atoms with Gasteiger partial charge in [-0.2, -0.15) is 0 Å². The Kier molecular flexibility index (Phi) is 3.92. The molecule has 4 rings (SSSR count). The first-order valence-electron chi connectivity index (χ1n) is 7.68. The van der Waals surface area contributed by atoms with E-state index in [9.17, 15) is 0 Å². The van der Waals surface area contributed by atoms with Crippen molar-refractivity contribution in [1.29, 1.82) is 0 Å². The van der Waals surface area contributed by atoms with Crippen molar-refractivity contribution in [3.8, 4) is 11.4 Å². The highest BCUT2D eigenvalue weighted by molar-refractivity contribution is 7.98. The Bertz CT molecular complexity index is 974. The predicted molar refractivity (Wildman–Crippen MR) is 99.1 cm³/mol. The molecule has 1 heterocycles. The van der Waals surface area contributed by atoms with Crippen LogP contribution in [0.25, 0.3) is 22.2 Å². The molecule has 0 amide bonds. The molecule has 0 radical (unpaired) electrons. The second-order valence-corrected chi connectivity index (χ2v) is 6.41. The molecule has 0 fully saturated rings. The van der Waals surface area contributed by atoms with Gasteiger partial charge in [-0.05, 0) is 16.3 Å². The van der Waals surface area contributed by atoms with Crippen LogP contribution in [0.2, 0.25) is 0 Å². The van der Waals surface area contributed by atoms with Gasteiger partial charge in [-0.25, -0.2) is 4.68 Å². The minimum atomic E-state index is 0.677. The SMILES string of the molecule is Nn1c(SCc2cccc3ccccc23)nnc1-c1ccccc1. The van der Waals surface area contributed by atoms with Crippen LogP contribution in [0.15, 0.2) is 78.0 Å². The Morgan fingerprint density at radius 2 is 1.58 bits per heavy atom. The lowest BCUT2D eigenvalue weighted by molar-refractivity contribution is 0.849. The molecule has 0 spiro atoms. The third kappa shape index (κ3) is 2.74. The van der Waals surface area contributed by atoms with Crippen LogP contribution >= 0.6 is 11.8 Å². The molecule has 0 aliphatic carbocycles. The lowest BCUT2D eigenvalue weighted by Gasteiger charge is -2.06. The summed E-state index contributed by atoms with van der Waals surface area (Å²) in [7, 11) is 0. The van der Waals surface area contributed by atoms with Crippen molar-refractivity contribution in [1.82, 2.24) is 14.9 Å². The van der Waals surface area contributed by atoms with Gasteiger partial charge >= 0.3 is 0 Å². The summed E-state index contributed by atoms with van der Waals surface area (Å²) in [6.07, 6.45) is 0. The number of benzene rings is 3. The molecule has 0 aliphatic heterocycles. The van der Waals surface area contributed by atoms with Gasteiger partial charge in [0.1, 0.15) is 0 Å². The maximum absolute atomic E-state index is 6.18. The Labute approximate surface area is 144 Å². The molecule has 0 aliphatic rings. The summed E-state index contributed by atoms with van der Waals surface area (Å²) in [6.45, 7) is 0. The fraction of sp³-hybridized carbons (Fsp3) is 0.0526. The lowest BCUT2D eigenvalue weighted by atomic mass is 10.1. The maximum Gasteiger partial charge on any atom is 0.210 e. The zero-order chi connectivity index (χ0) is 16.4. The lowest BCUT2D eigenvalue weighted by Crippen LogP contribution is -2.11. The number of hydrogen-bond donors (Lipinski definition) is 1. The first kappa shape index (κ1) is 14.8. The van der Waals surface area contributed by atoms with Crippen LogP contribution in [0.4, 0.5) is 0 Å². The van der Waals surface area contributed by atoms with Crippen LogP contribution in [0, 0.1) is 0 Å². The zero-order valence-electron chi connectivity index (χ0n) is 13.0. The molecule has 5 heteroatoms. The van der Waals surface area contributed by atoms with E-state index in [1.54, 1.807) is 16.4 Å². The van der Waals surface area contributed by atoms with Gasteiger partial charge in [0.2, 0.25) is 5.16 Å². The van der Waals surface area contributed by atoms with Crippen LogP contribution in [-0.4, -0.2) is 14.9 Å². The summed E-state index contributed by atoms with van der Waals surface area (Å²) < 4.78 is 1.56. The Balaban J connectivity index is 1.59. The molecule has 0 atom stereocenters. The van der Waals surface area contributed by atoms with E-state index >= 15 is 0 Å². The summed E-state index contributed by atoms with van der Waals surface area (Å²) in [6, 6.07) is 24.6. The number of aromatic nitrogens is 3. The van der Waals surface area contributed by atoms with E-state index in [2.05, 4.69) is 52.7 Å². The van der Waals surface area contributed by atoms with Crippen LogP contribution in [0.3, 0.4) is 0 Å². The summed E-state index contributed by atoms with van der Waals surface area (Å²) in [5.41, 5.74) is 2.23. The van der Waals surface area contributed by atoms with E-state index in [0.29, 0.717) is 11.0 Å². The Morgan fingerprint density at radius 1 is 0.833 bits per heavy atom. The maximum atomic E-state index is 6.18. The van der Waals surface area contributed by atoms with E-state index in [0.717, 1.165) is 11.3 Å². The summed E-state index contributed by atoms with van der Waals surface area (Å²) >= 11 is 1.59. The van der Waals surface area contributed by atoms with Crippen LogP contribution in [0.1, 0.15) is 5.56 Å². The highest BCUT2D eigenvalue weighted by atomic mass is 32.2. The summed E-state index contributed by atoms with van der Waals surface area (Å²) in [4.78, 5) is 0. The van der Waals surface area contributed by atoms with E-state index in [1.807, 2.05) is 30.3 Å². The third-order valence-electron chi connectivity index (χ3n) is 3.93. The zero-order valence-corrected chi connectivity index (χ0v) is 13.8. The number of nitrogens with zero attached hydrogens (tertiary/aromatic N) is 3. The van der Waals surface area contributed by atoms with Crippen molar-refractivity contribution in [2.45, 2.75) is 10.9 Å². The average molecular weight is 332 g/mol. The standard InChI is InChI=1S/C19H16N4S/c20-23-18(15-8-2-1-3-9-15)21-22-19(23)24-13-16-11-6-10-14-7-4-5-12-17(14)16/h1-12H,13,20H2. The van der Waals surface area contributed by atoms with Crippen molar-refractivity contribution in [3.63, 3.8) is 0 Å². The van der Waals surface area contributed by atoms with Crippen molar-refractivity contribution in [2.75, 3.05) is 5.84 Å². The fourth-order valence-corrected chi connectivity index (χ4v) is 3.58. The topological polar surface area (TPSA) is 56.7 Å². The van der Waals surface area contributed by atoms with Gasteiger partial charge in [0.25, 0.3) is 0 Å². The molecule has 4 nitrogen and oxygen atoms in total. The van der Waals surface area contributed by atoms with Gasteiger partial charge in [0, 0.05) is 11.3 Å². The minimum Gasteiger partial charge on any atom is -0.335 e. The van der Waals surface area contributed by atoms with Gasteiger partial charge in [0.15, 0.2) is 5.82 Å². The van der Waals surface area contributed by atoms with Gasteiger partial charge in [-0.3, -0.25) is 0 Å². The Morgan fingerprint density at radius 3 is 2.46 bits per heavy atom. The van der Waals surface area contributed by atoms with Crippen molar-refractivity contribution in [3.05, 3.63) is 78.4 Å². The molecule has 0 saturated carbocycles. The molecule has 3 aromatic carbocycles. The number of hydrogen-bond acceptors (Lipinski definition) is 4. The normalized spacial score (nSPS) is 11.0. The molecule has 0 saturated heterocycles. The van der Waals surface area contributed by atoms with Crippen molar-refractivity contribution < 1.29 is 0 Å². The number of nitrogen functional groups attached to an aromatic ring is 1. The van der Waals surface area contributed by atoms with E-state index in [1.165, 1.54) is 16.3 Å². The summed E-state index contributed by atoms with van der Waals surface area (Å²) in [5.74, 6) is 7.66. The Hall–Kier alpha value is -2.79. The second-order valence-electron chi connectivity index (χ2n) is 5.47. The molecule has 24 heavy (non-hydrogen) atoms. The van der Waals surface area contributed by atoms with Crippen LogP contribution < -0.4 is 5.84 Å². The third-order valence-corrected chi connectivity index (χ3v) is 4.93. The van der Waals surface area contributed by atoms with E-state index in [4.69, 9.17) is 5.84 Å². The van der Waals surface area contributed by atoms with Crippen LogP contribution in [-0.2, 0) is 5.75 Å². The van der Waals surface area contributed by atoms with Crippen molar-refractivity contribution >= 4 is 22.5 Å². The molecule has 118 valence electrons. The molecular weight excluding hydrogens is 316 g/mol. The van der Waals surface area contributed by atoms with Gasteiger partial charge in [-0.15, -0.1) is 10.2 Å².